The minimum atomic E-state index is 0.511. The monoisotopic (exact) mass is 220 g/mol. The molecule has 4 heteroatoms. The Balaban J connectivity index is 2.35. The van der Waals surface area contributed by atoms with Crippen molar-refractivity contribution in [2.45, 2.75) is 0 Å². The summed E-state index contributed by atoms with van der Waals surface area (Å²) in [7, 11) is 0. The average Bonchev–Trinajstić information content (AvgIpc) is 2.78. The molecule has 4 nitrogen and oxygen atoms in total. The summed E-state index contributed by atoms with van der Waals surface area (Å²) in [5, 5.41) is 13.6. The third-order valence-electron chi connectivity index (χ3n) is 2.55. The van der Waals surface area contributed by atoms with Crippen LogP contribution in [0.3, 0.4) is 0 Å². The van der Waals surface area contributed by atoms with E-state index in [1.165, 1.54) is 0 Å². The van der Waals surface area contributed by atoms with E-state index < -0.39 is 0 Å². The zero-order chi connectivity index (χ0) is 11.7. The van der Waals surface area contributed by atoms with E-state index in [0.717, 1.165) is 5.56 Å². The number of nitrogens with zero attached hydrogens (tertiary/aromatic N) is 4. The maximum Gasteiger partial charge on any atom is 0.173 e. The second-order valence-electron chi connectivity index (χ2n) is 3.59. The highest BCUT2D eigenvalue weighted by atomic mass is 15.2. The standard InChI is InChI=1S/C13H8N4/c14-9-11-12(10-5-2-1-3-6-10)16-17-8-4-7-15-13(11)17/h1-8H. The Bertz CT molecular complexity index is 707. The van der Waals surface area contributed by atoms with E-state index in [-0.39, 0.29) is 0 Å². The Morgan fingerprint density at radius 3 is 2.71 bits per heavy atom. The number of rotatable bonds is 1. The molecule has 0 fully saturated rings. The number of nitriles is 1. The van der Waals surface area contributed by atoms with Crippen LogP contribution in [0.5, 0.6) is 0 Å². The molecule has 80 valence electrons. The molecule has 3 rings (SSSR count). The highest BCUT2D eigenvalue weighted by Gasteiger charge is 2.14. The normalized spacial score (nSPS) is 10.3. The van der Waals surface area contributed by atoms with Crippen LogP contribution < -0.4 is 0 Å². The highest BCUT2D eigenvalue weighted by molar-refractivity contribution is 5.74. The molecule has 0 saturated carbocycles. The molecule has 1 aromatic carbocycles. The summed E-state index contributed by atoms with van der Waals surface area (Å²) in [6.07, 6.45) is 3.45. The summed E-state index contributed by atoms with van der Waals surface area (Å²) < 4.78 is 1.63. The van der Waals surface area contributed by atoms with Crippen LogP contribution in [0, 0.1) is 11.3 Å². The van der Waals surface area contributed by atoms with Crippen LogP contribution >= 0.6 is 0 Å². The minimum absolute atomic E-state index is 0.511. The summed E-state index contributed by atoms with van der Waals surface area (Å²) >= 11 is 0. The molecule has 2 heterocycles. The third kappa shape index (κ3) is 1.45. The van der Waals surface area contributed by atoms with Gasteiger partial charge in [0, 0.05) is 18.0 Å². The largest absolute Gasteiger partial charge is 0.236 e. The van der Waals surface area contributed by atoms with Crippen LogP contribution in [0.1, 0.15) is 5.56 Å². The zero-order valence-electron chi connectivity index (χ0n) is 8.91. The van der Waals surface area contributed by atoms with Crippen molar-refractivity contribution < 1.29 is 0 Å². The molecule has 0 aliphatic heterocycles. The van der Waals surface area contributed by atoms with Crippen molar-refractivity contribution >= 4 is 5.65 Å². The van der Waals surface area contributed by atoms with Crippen LogP contribution in [0.2, 0.25) is 0 Å². The highest BCUT2D eigenvalue weighted by Crippen LogP contribution is 2.23. The van der Waals surface area contributed by atoms with E-state index in [9.17, 15) is 5.26 Å². The third-order valence-corrected chi connectivity index (χ3v) is 2.55. The van der Waals surface area contributed by atoms with Crippen molar-refractivity contribution in [1.82, 2.24) is 14.6 Å². The molecule has 0 amide bonds. The Kier molecular flexibility index (Phi) is 2.09. The zero-order valence-corrected chi connectivity index (χ0v) is 8.91. The first kappa shape index (κ1) is 9.55. The Labute approximate surface area is 97.8 Å². The lowest BCUT2D eigenvalue weighted by Crippen LogP contribution is -1.87. The molecule has 3 aromatic rings. The number of hydrogen-bond acceptors (Lipinski definition) is 3. The van der Waals surface area contributed by atoms with Gasteiger partial charge in [0.05, 0.1) is 0 Å². The lowest BCUT2D eigenvalue weighted by atomic mass is 10.1. The summed E-state index contributed by atoms with van der Waals surface area (Å²) in [5.74, 6) is 0. The smallest absolute Gasteiger partial charge is 0.173 e. The van der Waals surface area contributed by atoms with Gasteiger partial charge in [-0.1, -0.05) is 30.3 Å². The lowest BCUT2D eigenvalue weighted by molar-refractivity contribution is 0.943. The van der Waals surface area contributed by atoms with Gasteiger partial charge >= 0.3 is 0 Å². The van der Waals surface area contributed by atoms with Gasteiger partial charge in [0.1, 0.15) is 17.3 Å². The van der Waals surface area contributed by atoms with Crippen LogP contribution in [0.4, 0.5) is 0 Å². The maximum atomic E-state index is 9.22. The average molecular weight is 220 g/mol. The van der Waals surface area contributed by atoms with Crippen molar-refractivity contribution in [3.63, 3.8) is 0 Å². The topological polar surface area (TPSA) is 54.0 Å². The number of benzene rings is 1. The second kappa shape index (κ2) is 3.72. The van der Waals surface area contributed by atoms with Gasteiger partial charge in [-0.2, -0.15) is 10.4 Å². The van der Waals surface area contributed by atoms with Crippen molar-refractivity contribution in [1.29, 1.82) is 5.26 Å². The van der Waals surface area contributed by atoms with Crippen LogP contribution in [0.15, 0.2) is 48.8 Å². The summed E-state index contributed by atoms with van der Waals surface area (Å²) in [4.78, 5) is 4.18. The van der Waals surface area contributed by atoms with E-state index in [0.29, 0.717) is 16.9 Å². The van der Waals surface area contributed by atoms with Gasteiger partial charge in [-0.25, -0.2) is 9.50 Å². The first-order valence-corrected chi connectivity index (χ1v) is 5.19. The Hall–Kier alpha value is -2.67. The lowest BCUT2D eigenvalue weighted by Gasteiger charge is -1.94. The molecule has 0 atom stereocenters. The maximum absolute atomic E-state index is 9.22. The minimum Gasteiger partial charge on any atom is -0.236 e. The predicted octanol–water partition coefficient (Wildman–Crippen LogP) is 2.27. The number of fused-ring (bicyclic) bond motifs is 1. The van der Waals surface area contributed by atoms with Gasteiger partial charge in [0.2, 0.25) is 0 Å². The quantitative estimate of drug-likeness (QED) is 0.632. The molecular formula is C13H8N4. The van der Waals surface area contributed by atoms with Crippen LogP contribution in [-0.2, 0) is 0 Å². The van der Waals surface area contributed by atoms with E-state index in [1.807, 2.05) is 30.3 Å². The molecule has 0 N–H and O–H groups in total. The molecule has 2 aromatic heterocycles. The summed E-state index contributed by atoms with van der Waals surface area (Å²) in [5.41, 5.74) is 2.70. The van der Waals surface area contributed by atoms with Crippen LogP contribution in [-0.4, -0.2) is 14.6 Å². The molecule has 0 bridgehead atoms. The first-order chi connectivity index (χ1) is 8.40. The van der Waals surface area contributed by atoms with E-state index in [4.69, 9.17) is 0 Å². The van der Waals surface area contributed by atoms with E-state index >= 15 is 0 Å². The van der Waals surface area contributed by atoms with Gasteiger partial charge < -0.3 is 0 Å². The second-order valence-corrected chi connectivity index (χ2v) is 3.59. The fraction of sp³-hybridized carbons (Fsp3) is 0. The summed E-state index contributed by atoms with van der Waals surface area (Å²) in [6.45, 7) is 0. The first-order valence-electron chi connectivity index (χ1n) is 5.19. The van der Waals surface area contributed by atoms with E-state index in [2.05, 4.69) is 16.2 Å². The van der Waals surface area contributed by atoms with Gasteiger partial charge in [0.25, 0.3) is 0 Å². The SMILES string of the molecule is N#Cc1c(-c2ccccc2)nn2cccnc12. The Morgan fingerprint density at radius 1 is 1.12 bits per heavy atom. The van der Waals surface area contributed by atoms with Gasteiger partial charge in [0.15, 0.2) is 5.65 Å². The van der Waals surface area contributed by atoms with Crippen molar-refractivity contribution in [3.8, 4) is 17.3 Å². The Morgan fingerprint density at radius 2 is 1.94 bits per heavy atom. The molecule has 0 aliphatic rings. The van der Waals surface area contributed by atoms with Crippen molar-refractivity contribution in [2.75, 3.05) is 0 Å². The molecule has 0 aliphatic carbocycles. The van der Waals surface area contributed by atoms with Crippen molar-refractivity contribution in [2.24, 2.45) is 0 Å². The van der Waals surface area contributed by atoms with E-state index in [1.54, 1.807) is 23.0 Å². The van der Waals surface area contributed by atoms with Gasteiger partial charge in [-0.05, 0) is 6.07 Å². The molecule has 17 heavy (non-hydrogen) atoms. The number of hydrogen-bond donors (Lipinski definition) is 0. The fourth-order valence-corrected chi connectivity index (χ4v) is 1.79. The van der Waals surface area contributed by atoms with Crippen molar-refractivity contribution in [3.05, 3.63) is 54.4 Å². The van der Waals surface area contributed by atoms with Gasteiger partial charge in [-0.3, -0.25) is 0 Å². The fourth-order valence-electron chi connectivity index (χ4n) is 1.79. The molecule has 0 spiro atoms. The molecule has 0 unspecified atom stereocenters. The molecule has 0 radical (unpaired) electrons. The summed E-state index contributed by atoms with van der Waals surface area (Å²) in [6, 6.07) is 13.6. The van der Waals surface area contributed by atoms with Gasteiger partial charge in [-0.15, -0.1) is 0 Å². The predicted molar refractivity (Wildman–Crippen MR) is 63.1 cm³/mol. The number of aromatic nitrogens is 3. The van der Waals surface area contributed by atoms with Crippen LogP contribution in [0.25, 0.3) is 16.9 Å². The molecule has 0 saturated heterocycles. The molecular weight excluding hydrogens is 212 g/mol.